The van der Waals surface area contributed by atoms with Gasteiger partial charge in [0.2, 0.25) is 0 Å². The molecule has 0 bridgehead atoms. The van der Waals surface area contributed by atoms with Crippen LogP contribution < -0.4 is 4.74 Å². The molecule has 0 unspecified atom stereocenters. The van der Waals surface area contributed by atoms with Gasteiger partial charge in [-0.3, -0.25) is 9.36 Å². The monoisotopic (exact) mass is 397 g/mol. The summed E-state index contributed by atoms with van der Waals surface area (Å²) in [7, 11) is 3.18. The standard InChI is InChI=1S/C21H20FN3O4/c1-24(12-15-5-3-4-6-19(15)28-2)20(26)13-29-21(27)18-11-23-14-25(18)17-9-7-16(22)8-10-17/h3-11,14H,12-13H2,1-2H3. The summed E-state index contributed by atoms with van der Waals surface area (Å²) in [6.07, 6.45) is 2.74. The van der Waals surface area contributed by atoms with Gasteiger partial charge >= 0.3 is 5.97 Å². The van der Waals surface area contributed by atoms with Gasteiger partial charge in [-0.05, 0) is 30.3 Å². The molecular formula is C21H20FN3O4. The molecule has 2 aromatic carbocycles. The highest BCUT2D eigenvalue weighted by Crippen LogP contribution is 2.19. The highest BCUT2D eigenvalue weighted by molar-refractivity contribution is 5.90. The lowest BCUT2D eigenvalue weighted by Crippen LogP contribution is -2.31. The third kappa shape index (κ3) is 4.78. The van der Waals surface area contributed by atoms with Gasteiger partial charge in [-0.25, -0.2) is 14.2 Å². The van der Waals surface area contributed by atoms with Crippen LogP contribution in [-0.4, -0.2) is 47.1 Å². The van der Waals surface area contributed by atoms with E-state index in [0.29, 0.717) is 18.0 Å². The van der Waals surface area contributed by atoms with Crippen LogP contribution in [0.3, 0.4) is 0 Å². The smallest absolute Gasteiger partial charge is 0.357 e. The summed E-state index contributed by atoms with van der Waals surface area (Å²) >= 11 is 0. The molecule has 29 heavy (non-hydrogen) atoms. The lowest BCUT2D eigenvalue weighted by molar-refractivity contribution is -0.133. The second-order valence-electron chi connectivity index (χ2n) is 6.26. The van der Waals surface area contributed by atoms with E-state index in [1.165, 1.54) is 46.3 Å². The number of methoxy groups -OCH3 is 1. The minimum Gasteiger partial charge on any atom is -0.496 e. The minimum absolute atomic E-state index is 0.136. The highest BCUT2D eigenvalue weighted by atomic mass is 19.1. The van der Waals surface area contributed by atoms with Gasteiger partial charge in [-0.2, -0.15) is 0 Å². The average Bonchev–Trinajstić information content (AvgIpc) is 3.22. The summed E-state index contributed by atoms with van der Waals surface area (Å²) in [6, 6.07) is 12.9. The van der Waals surface area contributed by atoms with Gasteiger partial charge in [0, 0.05) is 24.8 Å². The molecule has 0 radical (unpaired) electrons. The fourth-order valence-electron chi connectivity index (χ4n) is 2.74. The Balaban J connectivity index is 1.61. The summed E-state index contributed by atoms with van der Waals surface area (Å²) in [5.74, 6) is -0.781. The van der Waals surface area contributed by atoms with Crippen molar-refractivity contribution < 1.29 is 23.5 Å². The highest BCUT2D eigenvalue weighted by Gasteiger charge is 2.18. The zero-order chi connectivity index (χ0) is 20.8. The fraction of sp³-hybridized carbons (Fsp3) is 0.190. The van der Waals surface area contributed by atoms with Crippen molar-refractivity contribution in [3.8, 4) is 11.4 Å². The van der Waals surface area contributed by atoms with Crippen molar-refractivity contribution in [3.63, 3.8) is 0 Å². The number of likely N-dealkylation sites (N-methyl/N-ethyl adjacent to an activating group) is 1. The molecule has 7 nitrogen and oxygen atoms in total. The van der Waals surface area contributed by atoms with Crippen molar-refractivity contribution in [3.05, 3.63) is 78.1 Å². The number of ether oxygens (including phenoxy) is 2. The average molecular weight is 397 g/mol. The first-order chi connectivity index (χ1) is 14.0. The van der Waals surface area contributed by atoms with Crippen LogP contribution in [0.2, 0.25) is 0 Å². The Morgan fingerprint density at radius 2 is 1.86 bits per heavy atom. The van der Waals surface area contributed by atoms with Crippen molar-refractivity contribution >= 4 is 11.9 Å². The van der Waals surface area contributed by atoms with E-state index in [9.17, 15) is 14.0 Å². The molecule has 0 aliphatic carbocycles. The van der Waals surface area contributed by atoms with E-state index in [1.807, 2.05) is 24.3 Å². The molecule has 1 amide bonds. The third-order valence-electron chi connectivity index (χ3n) is 4.30. The molecule has 150 valence electrons. The molecule has 0 N–H and O–H groups in total. The van der Waals surface area contributed by atoms with E-state index < -0.39 is 12.6 Å². The summed E-state index contributed by atoms with van der Waals surface area (Å²) in [5.41, 5.74) is 1.53. The molecule has 0 aliphatic heterocycles. The zero-order valence-electron chi connectivity index (χ0n) is 16.0. The normalized spacial score (nSPS) is 10.4. The van der Waals surface area contributed by atoms with Crippen LogP contribution in [0.1, 0.15) is 16.1 Å². The number of carbonyl (C=O) groups is 2. The summed E-state index contributed by atoms with van der Waals surface area (Å²) < 4.78 is 25.0. The Morgan fingerprint density at radius 3 is 2.59 bits per heavy atom. The lowest BCUT2D eigenvalue weighted by Gasteiger charge is -2.18. The van der Waals surface area contributed by atoms with Gasteiger partial charge in [-0.15, -0.1) is 0 Å². The largest absolute Gasteiger partial charge is 0.496 e. The zero-order valence-corrected chi connectivity index (χ0v) is 16.0. The van der Waals surface area contributed by atoms with Gasteiger partial charge < -0.3 is 14.4 Å². The molecule has 1 heterocycles. The van der Waals surface area contributed by atoms with Crippen LogP contribution in [0.25, 0.3) is 5.69 Å². The molecule has 0 spiro atoms. The van der Waals surface area contributed by atoms with E-state index in [4.69, 9.17) is 9.47 Å². The number of hydrogen-bond donors (Lipinski definition) is 0. The predicted molar refractivity (Wildman–Crippen MR) is 103 cm³/mol. The summed E-state index contributed by atoms with van der Waals surface area (Å²) in [5, 5.41) is 0. The second-order valence-corrected chi connectivity index (χ2v) is 6.26. The number of esters is 1. The van der Waals surface area contributed by atoms with Crippen molar-refractivity contribution in [2.75, 3.05) is 20.8 Å². The summed E-state index contributed by atoms with van der Waals surface area (Å²) in [6.45, 7) is -0.104. The molecule has 0 saturated heterocycles. The number of para-hydroxylation sites is 1. The number of aromatic nitrogens is 2. The van der Waals surface area contributed by atoms with Crippen LogP contribution in [0.5, 0.6) is 5.75 Å². The maximum Gasteiger partial charge on any atom is 0.357 e. The number of amides is 1. The van der Waals surface area contributed by atoms with Crippen LogP contribution in [-0.2, 0) is 16.1 Å². The van der Waals surface area contributed by atoms with Crippen LogP contribution >= 0.6 is 0 Å². The Bertz CT molecular complexity index is 1000. The fourth-order valence-corrected chi connectivity index (χ4v) is 2.74. The Hall–Kier alpha value is -3.68. The van der Waals surface area contributed by atoms with Crippen LogP contribution in [0.15, 0.2) is 61.1 Å². The van der Waals surface area contributed by atoms with Crippen molar-refractivity contribution in [1.82, 2.24) is 14.5 Å². The van der Waals surface area contributed by atoms with E-state index in [0.717, 1.165) is 5.56 Å². The number of halogens is 1. The SMILES string of the molecule is COc1ccccc1CN(C)C(=O)COC(=O)c1cncn1-c1ccc(F)cc1. The number of nitrogens with zero attached hydrogens (tertiary/aromatic N) is 3. The Kier molecular flexibility index (Phi) is 6.23. The second kappa shape index (κ2) is 9.01. The number of hydrogen-bond acceptors (Lipinski definition) is 5. The number of imidazole rings is 1. The first-order valence-electron chi connectivity index (χ1n) is 8.81. The maximum atomic E-state index is 13.1. The predicted octanol–water partition coefficient (Wildman–Crippen LogP) is 2.84. The first kappa shape index (κ1) is 20.1. The van der Waals surface area contributed by atoms with Gasteiger partial charge in [0.25, 0.3) is 5.91 Å². The van der Waals surface area contributed by atoms with Crippen LogP contribution in [0.4, 0.5) is 4.39 Å². The van der Waals surface area contributed by atoms with Crippen molar-refractivity contribution in [2.24, 2.45) is 0 Å². The molecule has 1 aromatic heterocycles. The van der Waals surface area contributed by atoms with E-state index >= 15 is 0 Å². The van der Waals surface area contributed by atoms with E-state index in [2.05, 4.69) is 4.98 Å². The molecular weight excluding hydrogens is 377 g/mol. The lowest BCUT2D eigenvalue weighted by atomic mass is 10.2. The van der Waals surface area contributed by atoms with Crippen molar-refractivity contribution in [1.29, 1.82) is 0 Å². The Morgan fingerprint density at radius 1 is 1.14 bits per heavy atom. The van der Waals surface area contributed by atoms with E-state index in [1.54, 1.807) is 14.2 Å². The molecule has 3 rings (SSSR count). The van der Waals surface area contributed by atoms with Gasteiger partial charge in [0.05, 0.1) is 19.6 Å². The quantitative estimate of drug-likeness (QED) is 0.573. The van der Waals surface area contributed by atoms with Gasteiger partial charge in [0.15, 0.2) is 12.3 Å². The maximum absolute atomic E-state index is 13.1. The van der Waals surface area contributed by atoms with Crippen LogP contribution in [0, 0.1) is 5.82 Å². The van der Waals surface area contributed by atoms with Gasteiger partial charge in [-0.1, -0.05) is 18.2 Å². The molecule has 0 fully saturated rings. The Labute approximate surface area is 167 Å². The summed E-state index contributed by atoms with van der Waals surface area (Å²) in [4.78, 5) is 30.1. The molecule has 3 aromatic rings. The number of rotatable bonds is 7. The molecule has 8 heteroatoms. The number of carbonyl (C=O) groups excluding carboxylic acids is 2. The van der Waals surface area contributed by atoms with Crippen molar-refractivity contribution in [2.45, 2.75) is 6.54 Å². The van der Waals surface area contributed by atoms with E-state index in [-0.39, 0.29) is 17.4 Å². The topological polar surface area (TPSA) is 73.7 Å². The molecule has 0 atom stereocenters. The molecule has 0 saturated carbocycles. The minimum atomic E-state index is -0.703. The molecule has 0 aliphatic rings. The van der Waals surface area contributed by atoms with Gasteiger partial charge in [0.1, 0.15) is 11.6 Å². The third-order valence-corrected chi connectivity index (χ3v) is 4.30. The number of benzene rings is 2. The first-order valence-corrected chi connectivity index (χ1v) is 8.81.